The number of hydrogen-bond donors (Lipinski definition) is 2. The van der Waals surface area contributed by atoms with Crippen molar-refractivity contribution in [3.8, 4) is 0 Å². The maximum absolute atomic E-state index is 13.2. The molecule has 4 nitrogen and oxygen atoms in total. The van der Waals surface area contributed by atoms with Gasteiger partial charge >= 0.3 is 6.18 Å². The van der Waals surface area contributed by atoms with Gasteiger partial charge in [-0.2, -0.15) is 13.2 Å². The van der Waals surface area contributed by atoms with Gasteiger partial charge in [-0.15, -0.1) is 24.2 Å². The van der Waals surface area contributed by atoms with Crippen molar-refractivity contribution in [3.05, 3.63) is 34.9 Å². The molecule has 1 amide bonds. The third-order valence-electron chi connectivity index (χ3n) is 3.85. The molecule has 0 aliphatic carbocycles. The lowest BCUT2D eigenvalue weighted by molar-refractivity contribution is -0.183. The monoisotopic (exact) mass is 431 g/mol. The Balaban J connectivity index is 0.00000338. The Morgan fingerprint density at radius 3 is 2.65 bits per heavy atom. The van der Waals surface area contributed by atoms with Crippen molar-refractivity contribution >= 4 is 41.7 Å². The van der Waals surface area contributed by atoms with E-state index in [1.807, 2.05) is 12.1 Å². The third-order valence-corrected chi connectivity index (χ3v) is 5.09. The number of hydrogen-bond acceptors (Lipinski definition) is 4. The second-order valence-corrected chi connectivity index (χ2v) is 7.19. The van der Waals surface area contributed by atoms with E-state index >= 15 is 0 Å². The fourth-order valence-corrected chi connectivity index (χ4v) is 3.61. The molecule has 1 aliphatic heterocycles. The molecule has 0 bridgehead atoms. The zero-order valence-electron chi connectivity index (χ0n) is 14.0. The molecule has 2 rings (SSSR count). The number of carbonyl (C=O) groups is 1. The highest BCUT2D eigenvalue weighted by atomic mass is 35.5. The van der Waals surface area contributed by atoms with E-state index in [0.29, 0.717) is 37.0 Å². The molecule has 0 radical (unpaired) electrons. The summed E-state index contributed by atoms with van der Waals surface area (Å²) in [6.07, 6.45) is -4.36. The number of halogens is 5. The van der Waals surface area contributed by atoms with Crippen LogP contribution in [-0.2, 0) is 10.5 Å². The highest BCUT2D eigenvalue weighted by Crippen LogP contribution is 2.25. The average Bonchev–Trinajstić information content (AvgIpc) is 2.55. The van der Waals surface area contributed by atoms with E-state index in [4.69, 9.17) is 11.6 Å². The summed E-state index contributed by atoms with van der Waals surface area (Å²) in [5.74, 6) is 0.295. The molecule has 1 unspecified atom stereocenters. The zero-order valence-corrected chi connectivity index (χ0v) is 16.4. The SMILES string of the molecule is Cl.O=C(CSCc1cccc(Cl)c1)NCC(N1CCNCC1)C(F)(F)F. The van der Waals surface area contributed by atoms with Crippen molar-refractivity contribution in [2.45, 2.75) is 18.0 Å². The molecule has 1 fully saturated rings. The number of nitrogens with one attached hydrogen (secondary N) is 2. The van der Waals surface area contributed by atoms with Crippen molar-refractivity contribution in [1.29, 1.82) is 0 Å². The molecule has 1 saturated heterocycles. The van der Waals surface area contributed by atoms with Crippen molar-refractivity contribution < 1.29 is 18.0 Å². The van der Waals surface area contributed by atoms with E-state index in [0.717, 1.165) is 5.56 Å². The van der Waals surface area contributed by atoms with Crippen LogP contribution in [0.25, 0.3) is 0 Å². The molecule has 0 aromatic heterocycles. The van der Waals surface area contributed by atoms with Crippen molar-refractivity contribution in [2.24, 2.45) is 0 Å². The fourth-order valence-electron chi connectivity index (χ4n) is 2.60. The molecule has 1 atom stereocenters. The summed E-state index contributed by atoms with van der Waals surface area (Å²) in [7, 11) is 0. The molecule has 148 valence electrons. The Morgan fingerprint density at radius 1 is 1.35 bits per heavy atom. The first kappa shape index (κ1) is 23.4. The highest BCUT2D eigenvalue weighted by molar-refractivity contribution is 7.99. The minimum Gasteiger partial charge on any atom is -0.353 e. The van der Waals surface area contributed by atoms with E-state index in [2.05, 4.69) is 10.6 Å². The lowest BCUT2D eigenvalue weighted by atomic mass is 10.2. The van der Waals surface area contributed by atoms with Crippen LogP contribution in [0, 0.1) is 0 Å². The Hall–Kier alpha value is -0.670. The number of thioether (sulfide) groups is 1. The molecular weight excluding hydrogens is 410 g/mol. The van der Waals surface area contributed by atoms with Gasteiger partial charge in [-0.3, -0.25) is 9.69 Å². The van der Waals surface area contributed by atoms with Gasteiger partial charge in [0.2, 0.25) is 5.91 Å². The molecule has 0 saturated carbocycles. The number of nitrogens with zero attached hydrogens (tertiary/aromatic N) is 1. The van der Waals surface area contributed by atoms with Crippen LogP contribution in [-0.4, -0.2) is 61.5 Å². The molecule has 0 spiro atoms. The minimum atomic E-state index is -4.36. The maximum atomic E-state index is 13.2. The van der Waals surface area contributed by atoms with Crippen molar-refractivity contribution in [3.63, 3.8) is 0 Å². The smallest absolute Gasteiger partial charge is 0.353 e. The third kappa shape index (κ3) is 7.92. The van der Waals surface area contributed by atoms with Crippen LogP contribution in [0.5, 0.6) is 0 Å². The van der Waals surface area contributed by atoms with Crippen molar-refractivity contribution in [1.82, 2.24) is 15.5 Å². The first-order chi connectivity index (χ1) is 11.9. The molecular formula is C16H22Cl2F3N3OS. The van der Waals surface area contributed by atoms with Crippen LogP contribution >= 0.6 is 35.8 Å². The Labute approximate surface area is 166 Å². The lowest BCUT2D eigenvalue weighted by Gasteiger charge is -2.35. The Kier molecular flexibility index (Phi) is 10.1. The van der Waals surface area contributed by atoms with E-state index in [1.165, 1.54) is 16.7 Å². The summed E-state index contributed by atoms with van der Waals surface area (Å²) in [5, 5.41) is 6.06. The number of piperazine rings is 1. The van der Waals surface area contributed by atoms with Crippen LogP contribution in [0.15, 0.2) is 24.3 Å². The number of amides is 1. The molecule has 26 heavy (non-hydrogen) atoms. The molecule has 1 aromatic rings. The Bertz CT molecular complexity index is 572. The van der Waals surface area contributed by atoms with Crippen LogP contribution < -0.4 is 10.6 Å². The topological polar surface area (TPSA) is 44.4 Å². The van der Waals surface area contributed by atoms with Gasteiger partial charge in [0, 0.05) is 43.5 Å². The van der Waals surface area contributed by atoms with Crippen LogP contribution in [0.1, 0.15) is 5.56 Å². The lowest BCUT2D eigenvalue weighted by Crippen LogP contribution is -2.57. The van der Waals surface area contributed by atoms with Crippen LogP contribution in [0.4, 0.5) is 13.2 Å². The number of carbonyl (C=O) groups excluding carboxylic acids is 1. The highest BCUT2D eigenvalue weighted by Gasteiger charge is 2.43. The van der Waals surface area contributed by atoms with Crippen molar-refractivity contribution in [2.75, 3.05) is 38.5 Å². The normalized spacial score (nSPS) is 16.6. The summed E-state index contributed by atoms with van der Waals surface area (Å²) < 4.78 is 39.7. The average molecular weight is 432 g/mol. The predicted molar refractivity (Wildman–Crippen MR) is 102 cm³/mol. The largest absolute Gasteiger partial charge is 0.405 e. The zero-order chi connectivity index (χ0) is 18.3. The maximum Gasteiger partial charge on any atom is 0.405 e. The minimum absolute atomic E-state index is 0. The van der Waals surface area contributed by atoms with Crippen LogP contribution in [0.3, 0.4) is 0 Å². The molecule has 1 aromatic carbocycles. The predicted octanol–water partition coefficient (Wildman–Crippen LogP) is 2.95. The first-order valence-electron chi connectivity index (χ1n) is 7.96. The number of alkyl halides is 3. The Morgan fingerprint density at radius 2 is 2.04 bits per heavy atom. The van der Waals surface area contributed by atoms with E-state index in [-0.39, 0.29) is 18.2 Å². The summed E-state index contributed by atoms with van der Waals surface area (Å²) in [4.78, 5) is 13.2. The van der Waals surface area contributed by atoms with Gasteiger partial charge < -0.3 is 10.6 Å². The van der Waals surface area contributed by atoms with Crippen LogP contribution in [0.2, 0.25) is 5.02 Å². The standard InChI is InChI=1S/C16H21ClF3N3OS.ClH/c17-13-3-1-2-12(8-13)10-25-11-15(24)22-9-14(16(18,19)20)23-6-4-21-5-7-23;/h1-3,8,14,21H,4-7,9-11H2,(H,22,24);1H. The van der Waals surface area contributed by atoms with Gasteiger partial charge in [-0.1, -0.05) is 23.7 Å². The van der Waals surface area contributed by atoms with Gasteiger partial charge in [0.1, 0.15) is 6.04 Å². The summed E-state index contributed by atoms with van der Waals surface area (Å²) in [6.45, 7) is 1.28. The quantitative estimate of drug-likeness (QED) is 0.696. The number of benzene rings is 1. The van der Waals surface area contributed by atoms with E-state index in [9.17, 15) is 18.0 Å². The summed E-state index contributed by atoms with van der Waals surface area (Å²) >= 11 is 7.23. The van der Waals surface area contributed by atoms with Gasteiger partial charge in [0.05, 0.1) is 5.75 Å². The van der Waals surface area contributed by atoms with Gasteiger partial charge in [-0.25, -0.2) is 0 Å². The fraction of sp³-hybridized carbons (Fsp3) is 0.562. The molecule has 1 aliphatic rings. The summed E-state index contributed by atoms with van der Waals surface area (Å²) in [5.41, 5.74) is 0.972. The molecule has 1 heterocycles. The first-order valence-corrected chi connectivity index (χ1v) is 9.50. The van der Waals surface area contributed by atoms with Gasteiger partial charge in [0.25, 0.3) is 0 Å². The second kappa shape index (κ2) is 11.2. The van der Waals surface area contributed by atoms with Gasteiger partial charge in [-0.05, 0) is 17.7 Å². The van der Waals surface area contributed by atoms with E-state index < -0.39 is 24.7 Å². The van der Waals surface area contributed by atoms with Gasteiger partial charge in [0.15, 0.2) is 0 Å². The molecule has 2 N–H and O–H groups in total. The number of rotatable bonds is 7. The van der Waals surface area contributed by atoms with E-state index in [1.54, 1.807) is 12.1 Å². The summed E-state index contributed by atoms with van der Waals surface area (Å²) in [6, 6.07) is 5.63. The second-order valence-electron chi connectivity index (χ2n) is 5.77. The molecule has 10 heteroatoms.